The van der Waals surface area contributed by atoms with Crippen molar-refractivity contribution >= 4 is 23.4 Å². The highest BCUT2D eigenvalue weighted by molar-refractivity contribution is 6.08. The van der Waals surface area contributed by atoms with Gasteiger partial charge in [0.25, 0.3) is 5.56 Å². The smallest absolute Gasteiger partial charge is 0.383 e. The molecule has 1 unspecified atom stereocenters. The Morgan fingerprint density at radius 2 is 1.66 bits per heavy atom. The number of rotatable bonds is 13. The van der Waals surface area contributed by atoms with Crippen LogP contribution in [0.2, 0.25) is 0 Å². The predicted octanol–water partition coefficient (Wildman–Crippen LogP) is 5.22. The number of nitroso groups, excluding NO2 is 1. The Balaban J connectivity index is 1.85. The molecule has 0 aliphatic heterocycles. The zero-order chi connectivity index (χ0) is 37.0. The van der Waals surface area contributed by atoms with Gasteiger partial charge < -0.3 is 16.3 Å². The van der Waals surface area contributed by atoms with Gasteiger partial charge in [0, 0.05) is 22.7 Å². The number of nitrogens with two attached hydrogens (primary N) is 3. The number of amides is 2. The third-order valence-electron chi connectivity index (χ3n) is 9.26. The summed E-state index contributed by atoms with van der Waals surface area (Å²) in [4.78, 5) is 50.7. The van der Waals surface area contributed by atoms with Gasteiger partial charge in [-0.05, 0) is 62.6 Å². The Hall–Kier alpha value is -5.08. The normalized spacial score (nSPS) is 14.1. The standard InChI is InChI=1S/C36H48N10O4/c1-9-13-28-27(20-23-16-18-24(19-17-23)25-14-11-12-15-26(25)30(37)41-32(48)43-49)31(47)45(33-40-22(3)42-46(28)33)21-29(44-50-35(6,7)38)36(8,39)34(4,5)10-2/h11-12,14-19H,9-10,13,20-21,38-39H2,1-8H3,(H2,37,41,48)/b44-29-. The van der Waals surface area contributed by atoms with Gasteiger partial charge in [0.2, 0.25) is 5.78 Å². The first-order chi connectivity index (χ1) is 23.4. The number of oxime groups is 1. The molecule has 0 fully saturated rings. The zero-order valence-electron chi connectivity index (χ0n) is 30.1. The number of aromatic nitrogens is 4. The summed E-state index contributed by atoms with van der Waals surface area (Å²) >= 11 is 0. The largest absolute Gasteiger partial charge is 0.406 e. The van der Waals surface area contributed by atoms with Crippen LogP contribution < -0.4 is 22.8 Å². The Morgan fingerprint density at radius 1 is 1.00 bits per heavy atom. The number of hydrogen-bond acceptors (Lipinski definition) is 9. The number of hydrogen-bond donors (Lipinski definition) is 3. The molecule has 0 aliphatic carbocycles. The molecule has 14 heteroatoms. The number of benzene rings is 2. The fourth-order valence-corrected chi connectivity index (χ4v) is 5.59. The summed E-state index contributed by atoms with van der Waals surface area (Å²) in [5.74, 6) is 0.792. The molecule has 0 saturated heterocycles. The average molecular weight is 685 g/mol. The van der Waals surface area contributed by atoms with E-state index in [2.05, 4.69) is 41.1 Å². The van der Waals surface area contributed by atoms with Gasteiger partial charge >= 0.3 is 6.03 Å². The van der Waals surface area contributed by atoms with E-state index in [4.69, 9.17) is 27.1 Å². The van der Waals surface area contributed by atoms with Crippen LogP contribution in [0.5, 0.6) is 0 Å². The number of nitrogens with zero attached hydrogens (tertiary/aromatic N) is 7. The van der Waals surface area contributed by atoms with E-state index < -0.39 is 22.7 Å². The molecule has 6 N–H and O–H groups in total. The molecule has 0 bridgehead atoms. The van der Waals surface area contributed by atoms with E-state index >= 15 is 0 Å². The van der Waals surface area contributed by atoms with Gasteiger partial charge in [-0.3, -0.25) is 15.1 Å². The van der Waals surface area contributed by atoms with E-state index in [1.54, 1.807) is 42.0 Å². The van der Waals surface area contributed by atoms with Crippen molar-refractivity contribution in [3.05, 3.63) is 92.0 Å². The van der Waals surface area contributed by atoms with E-state index in [0.29, 0.717) is 46.8 Å². The van der Waals surface area contributed by atoms with Crippen LogP contribution in [0.3, 0.4) is 0 Å². The highest BCUT2D eigenvalue weighted by Gasteiger charge is 2.42. The fourth-order valence-electron chi connectivity index (χ4n) is 5.59. The molecule has 266 valence electrons. The first kappa shape index (κ1) is 37.7. The summed E-state index contributed by atoms with van der Waals surface area (Å²) in [6.07, 6.45) is 2.44. The molecule has 0 aliphatic rings. The van der Waals surface area contributed by atoms with Gasteiger partial charge in [-0.25, -0.2) is 9.31 Å². The minimum atomic E-state index is -1.21. The number of urea groups is 1. The number of fused-ring (bicyclic) bond motifs is 1. The molecular weight excluding hydrogens is 636 g/mol. The zero-order valence-corrected chi connectivity index (χ0v) is 30.1. The van der Waals surface area contributed by atoms with Crippen LogP contribution in [0.1, 0.15) is 89.5 Å². The van der Waals surface area contributed by atoms with Crippen LogP contribution in [-0.2, 0) is 24.2 Å². The van der Waals surface area contributed by atoms with Gasteiger partial charge in [-0.1, -0.05) is 87.8 Å². The lowest BCUT2D eigenvalue weighted by Gasteiger charge is -2.41. The number of aryl methyl sites for hydroxylation is 2. The number of carbonyl (C=O) groups is 1. The third-order valence-corrected chi connectivity index (χ3v) is 9.26. The molecular formula is C36H48N10O4. The van der Waals surface area contributed by atoms with Gasteiger partial charge in [-0.2, -0.15) is 15.1 Å². The van der Waals surface area contributed by atoms with Crippen molar-refractivity contribution in [3.8, 4) is 11.1 Å². The second kappa shape index (κ2) is 14.8. The second-order valence-electron chi connectivity index (χ2n) is 13.9. The Morgan fingerprint density at radius 3 is 2.26 bits per heavy atom. The summed E-state index contributed by atoms with van der Waals surface area (Å²) in [6, 6.07) is 13.6. The molecule has 2 aromatic heterocycles. The first-order valence-electron chi connectivity index (χ1n) is 16.7. The van der Waals surface area contributed by atoms with Crippen molar-refractivity contribution in [1.29, 1.82) is 0 Å². The monoisotopic (exact) mass is 684 g/mol. The van der Waals surface area contributed by atoms with E-state index in [-0.39, 0.29) is 17.9 Å². The van der Waals surface area contributed by atoms with Crippen molar-refractivity contribution in [1.82, 2.24) is 19.2 Å². The Labute approximate surface area is 291 Å². The molecule has 50 heavy (non-hydrogen) atoms. The van der Waals surface area contributed by atoms with Crippen molar-refractivity contribution in [2.45, 2.75) is 98.9 Å². The number of carbonyl (C=O) groups excluding carboxylic acids is 1. The number of amidine groups is 1. The quantitative estimate of drug-likeness (QED) is 0.0553. The van der Waals surface area contributed by atoms with Crippen molar-refractivity contribution in [3.63, 3.8) is 0 Å². The maximum absolute atomic E-state index is 14.6. The molecule has 4 rings (SSSR count). The predicted molar refractivity (Wildman–Crippen MR) is 196 cm³/mol. The summed E-state index contributed by atoms with van der Waals surface area (Å²) in [7, 11) is 0. The van der Waals surface area contributed by atoms with E-state index in [9.17, 15) is 14.5 Å². The summed E-state index contributed by atoms with van der Waals surface area (Å²) in [5, 5.41) is 11.5. The van der Waals surface area contributed by atoms with E-state index in [0.717, 1.165) is 29.7 Å². The molecule has 2 aromatic carbocycles. The molecule has 0 radical (unpaired) electrons. The third kappa shape index (κ3) is 8.03. The van der Waals surface area contributed by atoms with Crippen LogP contribution in [0.4, 0.5) is 4.79 Å². The Kier molecular flexibility index (Phi) is 11.2. The van der Waals surface area contributed by atoms with Crippen LogP contribution >= 0.6 is 0 Å². The van der Waals surface area contributed by atoms with Gasteiger partial charge in [0.05, 0.1) is 23.5 Å². The molecule has 4 aromatic rings. The van der Waals surface area contributed by atoms with Gasteiger partial charge in [-0.15, -0.1) is 4.91 Å². The van der Waals surface area contributed by atoms with E-state index in [1.807, 2.05) is 50.2 Å². The molecule has 2 amide bonds. The lowest BCUT2D eigenvalue weighted by Crippen LogP contribution is -2.58. The summed E-state index contributed by atoms with van der Waals surface area (Å²) in [6.45, 7) is 15.3. The molecule has 0 spiro atoms. The van der Waals surface area contributed by atoms with Crippen molar-refractivity contribution < 1.29 is 9.63 Å². The van der Waals surface area contributed by atoms with Crippen molar-refractivity contribution in [2.75, 3.05) is 0 Å². The Bertz CT molecular complexity index is 2000. The molecule has 1 atom stereocenters. The topological polar surface area (TPSA) is 211 Å². The lowest BCUT2D eigenvalue weighted by atomic mass is 9.69. The summed E-state index contributed by atoms with van der Waals surface area (Å²) in [5.41, 5.74) is 21.2. The van der Waals surface area contributed by atoms with Gasteiger partial charge in [0.15, 0.2) is 5.72 Å². The minimum absolute atomic E-state index is 0.00715. The number of aliphatic imine (C=N–C) groups is 1. The first-order valence-corrected chi connectivity index (χ1v) is 16.7. The highest BCUT2D eigenvalue weighted by atomic mass is 16.7. The maximum atomic E-state index is 14.6. The van der Waals surface area contributed by atoms with Gasteiger partial charge in [0.1, 0.15) is 11.7 Å². The maximum Gasteiger partial charge on any atom is 0.406 e. The fraction of sp³-hybridized carbons (Fsp3) is 0.444. The minimum Gasteiger partial charge on any atom is -0.383 e. The highest BCUT2D eigenvalue weighted by Crippen LogP contribution is 2.34. The van der Waals surface area contributed by atoms with Crippen LogP contribution in [0, 0.1) is 17.2 Å². The van der Waals surface area contributed by atoms with E-state index in [1.165, 1.54) is 0 Å². The van der Waals surface area contributed by atoms with Crippen LogP contribution in [0.15, 0.2) is 68.7 Å². The molecule has 14 nitrogen and oxygen atoms in total. The average Bonchev–Trinajstić information content (AvgIpc) is 3.46. The summed E-state index contributed by atoms with van der Waals surface area (Å²) < 4.78 is 3.32. The van der Waals surface area contributed by atoms with Crippen molar-refractivity contribution in [2.24, 2.45) is 37.9 Å². The SMILES string of the molecule is CCCc1c(Cc2ccc(-c3ccccc3/C(N)=N/C(=O)N=O)cc2)c(=O)n(C/C(=N/OC(C)(C)N)C(C)(N)C(C)(C)CC)c2nc(C)nn12. The second-order valence-corrected chi connectivity index (χ2v) is 13.9. The lowest BCUT2D eigenvalue weighted by molar-refractivity contribution is -0.0114. The molecule has 2 heterocycles. The molecule has 0 saturated carbocycles. The van der Waals surface area contributed by atoms with Crippen LogP contribution in [-0.4, -0.2) is 48.0 Å². The van der Waals surface area contributed by atoms with Crippen LogP contribution in [0.25, 0.3) is 16.9 Å².